The second-order valence-corrected chi connectivity index (χ2v) is 6.50. The first-order valence-corrected chi connectivity index (χ1v) is 8.40. The van der Waals surface area contributed by atoms with Gasteiger partial charge in [0.2, 0.25) is 0 Å². The van der Waals surface area contributed by atoms with E-state index in [4.69, 9.17) is 0 Å². The monoisotopic (exact) mass is 294 g/mol. The van der Waals surface area contributed by atoms with Crippen molar-refractivity contribution in [2.75, 3.05) is 0 Å². The minimum Gasteiger partial charge on any atom is -0.0616 e. The fourth-order valence-corrected chi connectivity index (χ4v) is 4.06. The van der Waals surface area contributed by atoms with Gasteiger partial charge >= 0.3 is 0 Å². The SMILES string of the molecule is CCc1ccc2c(c1)Cc1ccc3c(ccc4ccccc43)c1-2. The molecule has 0 atom stereocenters. The zero-order chi connectivity index (χ0) is 15.4. The van der Waals surface area contributed by atoms with Crippen LogP contribution in [0.25, 0.3) is 32.7 Å². The van der Waals surface area contributed by atoms with Crippen LogP contribution in [-0.2, 0) is 12.8 Å². The van der Waals surface area contributed by atoms with Gasteiger partial charge in [0.1, 0.15) is 0 Å². The van der Waals surface area contributed by atoms with Crippen molar-refractivity contribution in [2.45, 2.75) is 19.8 Å². The molecule has 0 aromatic heterocycles. The van der Waals surface area contributed by atoms with Gasteiger partial charge in [-0.1, -0.05) is 73.7 Å². The summed E-state index contributed by atoms with van der Waals surface area (Å²) in [6.07, 6.45) is 2.18. The number of rotatable bonds is 1. The summed E-state index contributed by atoms with van der Waals surface area (Å²) in [5, 5.41) is 5.43. The number of benzene rings is 4. The van der Waals surface area contributed by atoms with Gasteiger partial charge in [0.25, 0.3) is 0 Å². The van der Waals surface area contributed by atoms with Gasteiger partial charge in [-0.2, -0.15) is 0 Å². The minimum atomic E-state index is 1.07. The van der Waals surface area contributed by atoms with E-state index in [9.17, 15) is 0 Å². The van der Waals surface area contributed by atoms with Crippen LogP contribution in [0.2, 0.25) is 0 Å². The Balaban J connectivity index is 1.87. The number of fused-ring (bicyclic) bond motifs is 7. The third kappa shape index (κ3) is 1.78. The number of hydrogen-bond donors (Lipinski definition) is 0. The van der Waals surface area contributed by atoms with E-state index in [-0.39, 0.29) is 0 Å². The molecule has 5 rings (SSSR count). The van der Waals surface area contributed by atoms with E-state index >= 15 is 0 Å². The topological polar surface area (TPSA) is 0 Å². The number of aryl methyl sites for hydroxylation is 1. The third-order valence-electron chi connectivity index (χ3n) is 5.24. The summed E-state index contributed by atoms with van der Waals surface area (Å²) < 4.78 is 0. The highest BCUT2D eigenvalue weighted by molar-refractivity contribution is 6.13. The maximum atomic E-state index is 2.39. The van der Waals surface area contributed by atoms with Crippen molar-refractivity contribution in [2.24, 2.45) is 0 Å². The highest BCUT2D eigenvalue weighted by Gasteiger charge is 2.21. The Labute approximate surface area is 136 Å². The Morgan fingerprint density at radius 2 is 1.61 bits per heavy atom. The third-order valence-corrected chi connectivity index (χ3v) is 5.24. The van der Waals surface area contributed by atoms with Gasteiger partial charge in [0.15, 0.2) is 0 Å². The molecular weight excluding hydrogens is 276 g/mol. The van der Waals surface area contributed by atoms with Crippen LogP contribution in [0.5, 0.6) is 0 Å². The molecule has 0 saturated carbocycles. The van der Waals surface area contributed by atoms with Crippen molar-refractivity contribution in [1.82, 2.24) is 0 Å². The molecule has 4 aromatic carbocycles. The lowest BCUT2D eigenvalue weighted by Crippen LogP contribution is -1.85. The molecule has 1 aliphatic carbocycles. The molecular formula is C23H18. The zero-order valence-corrected chi connectivity index (χ0v) is 13.3. The van der Waals surface area contributed by atoms with Crippen molar-refractivity contribution < 1.29 is 0 Å². The average molecular weight is 294 g/mol. The second kappa shape index (κ2) is 4.70. The standard InChI is InChI=1S/C23H18/c1-2-15-7-10-20-18(13-15)14-17-9-11-21-19-6-4-3-5-16(19)8-12-22(21)23(17)20/h3-13H,2,14H2,1H3. The summed E-state index contributed by atoms with van der Waals surface area (Å²) in [4.78, 5) is 0. The summed E-state index contributed by atoms with van der Waals surface area (Å²) in [6.45, 7) is 2.23. The van der Waals surface area contributed by atoms with Gasteiger partial charge in [0.05, 0.1) is 0 Å². The van der Waals surface area contributed by atoms with Crippen LogP contribution in [0.4, 0.5) is 0 Å². The molecule has 23 heavy (non-hydrogen) atoms. The van der Waals surface area contributed by atoms with Crippen LogP contribution in [0, 0.1) is 0 Å². The summed E-state index contributed by atoms with van der Waals surface area (Å²) >= 11 is 0. The molecule has 0 spiro atoms. The van der Waals surface area contributed by atoms with Gasteiger partial charge in [0, 0.05) is 0 Å². The predicted octanol–water partition coefficient (Wildman–Crippen LogP) is 6.13. The lowest BCUT2D eigenvalue weighted by molar-refractivity contribution is 1.12. The van der Waals surface area contributed by atoms with E-state index in [2.05, 4.69) is 73.7 Å². The van der Waals surface area contributed by atoms with Crippen molar-refractivity contribution in [3.05, 3.63) is 83.4 Å². The van der Waals surface area contributed by atoms with Crippen LogP contribution in [-0.4, -0.2) is 0 Å². The number of hydrogen-bond acceptors (Lipinski definition) is 0. The van der Waals surface area contributed by atoms with Crippen LogP contribution >= 0.6 is 0 Å². The van der Waals surface area contributed by atoms with Crippen molar-refractivity contribution in [3.8, 4) is 11.1 Å². The molecule has 4 aromatic rings. The average Bonchev–Trinajstić information content (AvgIpc) is 2.99. The molecule has 0 bridgehead atoms. The lowest BCUT2D eigenvalue weighted by Gasteiger charge is -2.10. The van der Waals surface area contributed by atoms with Crippen LogP contribution < -0.4 is 0 Å². The van der Waals surface area contributed by atoms with Crippen molar-refractivity contribution in [3.63, 3.8) is 0 Å². The first kappa shape index (κ1) is 12.9. The van der Waals surface area contributed by atoms with Gasteiger partial charge in [-0.25, -0.2) is 0 Å². The molecule has 0 nitrogen and oxygen atoms in total. The van der Waals surface area contributed by atoms with Crippen molar-refractivity contribution >= 4 is 21.5 Å². The molecule has 0 radical (unpaired) electrons. The fraction of sp³-hybridized carbons (Fsp3) is 0.130. The van der Waals surface area contributed by atoms with E-state index in [1.807, 2.05) is 0 Å². The minimum absolute atomic E-state index is 1.07. The molecule has 0 heteroatoms. The first-order chi connectivity index (χ1) is 11.3. The van der Waals surface area contributed by atoms with E-state index in [1.54, 1.807) is 0 Å². The van der Waals surface area contributed by atoms with E-state index < -0.39 is 0 Å². The molecule has 0 amide bonds. The highest BCUT2D eigenvalue weighted by Crippen LogP contribution is 2.43. The molecule has 1 aliphatic rings. The lowest BCUT2D eigenvalue weighted by atomic mass is 9.94. The summed E-state index contributed by atoms with van der Waals surface area (Å²) in [7, 11) is 0. The summed E-state index contributed by atoms with van der Waals surface area (Å²) in [6, 6.07) is 24.9. The Morgan fingerprint density at radius 3 is 2.52 bits per heavy atom. The van der Waals surface area contributed by atoms with Crippen LogP contribution in [0.1, 0.15) is 23.6 Å². The Kier molecular flexibility index (Phi) is 2.63. The fourth-order valence-electron chi connectivity index (χ4n) is 4.06. The van der Waals surface area contributed by atoms with Crippen molar-refractivity contribution in [1.29, 1.82) is 0 Å². The van der Waals surface area contributed by atoms with E-state index in [0.29, 0.717) is 0 Å². The molecule has 0 aliphatic heterocycles. The maximum absolute atomic E-state index is 2.39. The van der Waals surface area contributed by atoms with Crippen LogP contribution in [0.15, 0.2) is 66.7 Å². The molecule has 110 valence electrons. The molecule has 0 fully saturated rings. The van der Waals surface area contributed by atoms with E-state index in [0.717, 1.165) is 12.8 Å². The maximum Gasteiger partial charge on any atom is -0.00131 e. The Bertz CT molecular complexity index is 1070. The Hall–Kier alpha value is -2.60. The van der Waals surface area contributed by atoms with Gasteiger partial charge in [-0.15, -0.1) is 0 Å². The normalized spacial score (nSPS) is 12.6. The summed E-state index contributed by atoms with van der Waals surface area (Å²) in [5.74, 6) is 0. The van der Waals surface area contributed by atoms with Crippen LogP contribution in [0.3, 0.4) is 0 Å². The first-order valence-electron chi connectivity index (χ1n) is 8.40. The predicted molar refractivity (Wildman–Crippen MR) is 99.1 cm³/mol. The Morgan fingerprint density at radius 1 is 0.739 bits per heavy atom. The van der Waals surface area contributed by atoms with Gasteiger partial charge in [-0.3, -0.25) is 0 Å². The molecule has 0 N–H and O–H groups in total. The molecule has 0 heterocycles. The molecule has 0 saturated heterocycles. The quantitative estimate of drug-likeness (QED) is 0.326. The van der Waals surface area contributed by atoms with E-state index in [1.165, 1.54) is 49.4 Å². The van der Waals surface area contributed by atoms with Gasteiger partial charge < -0.3 is 0 Å². The molecule has 0 unspecified atom stereocenters. The second-order valence-electron chi connectivity index (χ2n) is 6.50. The largest absolute Gasteiger partial charge is 0.0616 e. The highest BCUT2D eigenvalue weighted by atomic mass is 14.2. The zero-order valence-electron chi connectivity index (χ0n) is 13.3. The van der Waals surface area contributed by atoms with Gasteiger partial charge in [-0.05, 0) is 62.2 Å². The summed E-state index contributed by atoms with van der Waals surface area (Å²) in [5.41, 5.74) is 7.27. The smallest absolute Gasteiger partial charge is 0.00131 e.